The number of halogens is 1. The fraction of sp³-hybridized carbons (Fsp3) is 0.188. The van der Waals surface area contributed by atoms with E-state index in [9.17, 15) is 19.3 Å². The molecule has 1 amide bonds. The number of hydrogen-bond donors (Lipinski definition) is 1. The van der Waals surface area contributed by atoms with Crippen LogP contribution < -0.4 is 5.32 Å². The van der Waals surface area contributed by atoms with Gasteiger partial charge >= 0.3 is 0 Å². The van der Waals surface area contributed by atoms with Gasteiger partial charge in [0.05, 0.1) is 4.92 Å². The lowest BCUT2D eigenvalue weighted by Gasteiger charge is -2.05. The van der Waals surface area contributed by atoms with Crippen molar-refractivity contribution >= 4 is 29.0 Å². The van der Waals surface area contributed by atoms with Crippen LogP contribution in [0.4, 0.5) is 15.8 Å². The van der Waals surface area contributed by atoms with Crippen molar-refractivity contribution in [1.82, 2.24) is 0 Å². The number of non-ortho nitro benzene ring substituents is 1. The summed E-state index contributed by atoms with van der Waals surface area (Å²) in [4.78, 5) is 22.9. The number of anilines is 1. The average Bonchev–Trinajstić information content (AvgIpc) is 2.53. The lowest BCUT2D eigenvalue weighted by Crippen LogP contribution is -2.11. The Morgan fingerprint density at radius 3 is 2.65 bits per heavy atom. The van der Waals surface area contributed by atoms with Crippen LogP contribution in [0.2, 0.25) is 0 Å². The van der Waals surface area contributed by atoms with E-state index in [4.69, 9.17) is 0 Å². The minimum Gasteiger partial charge on any atom is -0.326 e. The largest absolute Gasteiger partial charge is 0.326 e. The monoisotopic (exact) mass is 334 g/mol. The molecule has 2 aromatic rings. The molecule has 0 heterocycles. The first-order valence-corrected chi connectivity index (χ1v) is 7.96. The van der Waals surface area contributed by atoms with Crippen LogP contribution in [0.15, 0.2) is 53.4 Å². The van der Waals surface area contributed by atoms with Crippen molar-refractivity contribution in [3.05, 3.63) is 64.5 Å². The quantitative estimate of drug-likeness (QED) is 0.356. The topological polar surface area (TPSA) is 72.2 Å². The number of carbonyl (C=O) groups excluding carboxylic acids is 1. The van der Waals surface area contributed by atoms with E-state index in [0.29, 0.717) is 18.5 Å². The molecule has 0 radical (unpaired) electrons. The van der Waals surface area contributed by atoms with Crippen LogP contribution in [-0.4, -0.2) is 16.6 Å². The predicted octanol–water partition coefficient (Wildman–Crippen LogP) is 4.24. The standard InChI is InChI=1S/C16H15FN2O3S/c17-12-6-8-15(9-7-12)23-10-2-5-16(20)18-13-3-1-4-14(11-13)19(21)22/h1,3-4,6-9,11H,2,5,10H2,(H,18,20). The van der Waals surface area contributed by atoms with Gasteiger partial charge < -0.3 is 5.32 Å². The van der Waals surface area contributed by atoms with Gasteiger partial charge in [-0.15, -0.1) is 11.8 Å². The Bertz CT molecular complexity index is 692. The number of nitrogens with one attached hydrogen (secondary N) is 1. The Kier molecular flexibility index (Phi) is 6.10. The third kappa shape index (κ3) is 5.71. The fourth-order valence-corrected chi connectivity index (χ4v) is 2.73. The third-order valence-corrected chi connectivity index (χ3v) is 4.07. The van der Waals surface area contributed by atoms with Crippen LogP contribution >= 0.6 is 11.8 Å². The third-order valence-electron chi connectivity index (χ3n) is 2.97. The molecule has 0 unspecified atom stereocenters. The van der Waals surface area contributed by atoms with Gasteiger partial charge in [0.25, 0.3) is 5.69 Å². The molecule has 0 atom stereocenters. The van der Waals surface area contributed by atoms with Crippen LogP contribution in [-0.2, 0) is 4.79 Å². The van der Waals surface area contributed by atoms with Gasteiger partial charge in [-0.05, 0) is 42.5 Å². The maximum Gasteiger partial charge on any atom is 0.271 e. The number of thioether (sulfide) groups is 1. The average molecular weight is 334 g/mol. The van der Waals surface area contributed by atoms with Crippen molar-refractivity contribution in [3.8, 4) is 0 Å². The Labute approximate surface area is 137 Å². The van der Waals surface area contributed by atoms with Gasteiger partial charge in [0, 0.05) is 29.1 Å². The molecule has 23 heavy (non-hydrogen) atoms. The van der Waals surface area contributed by atoms with Gasteiger partial charge in [0.15, 0.2) is 0 Å². The molecule has 120 valence electrons. The molecule has 0 bridgehead atoms. The van der Waals surface area contributed by atoms with Crippen LogP contribution in [0.1, 0.15) is 12.8 Å². The summed E-state index contributed by atoms with van der Waals surface area (Å²) in [7, 11) is 0. The summed E-state index contributed by atoms with van der Waals surface area (Å²) in [5.74, 6) is 0.268. The van der Waals surface area contributed by atoms with E-state index in [1.807, 2.05) is 0 Å². The molecule has 0 aliphatic rings. The highest BCUT2D eigenvalue weighted by Crippen LogP contribution is 2.20. The molecule has 0 saturated carbocycles. The van der Waals surface area contributed by atoms with Crippen molar-refractivity contribution in [3.63, 3.8) is 0 Å². The second-order valence-corrected chi connectivity index (χ2v) is 5.93. The maximum atomic E-state index is 12.8. The molecule has 2 aromatic carbocycles. The predicted molar refractivity (Wildman–Crippen MR) is 88.1 cm³/mol. The van der Waals surface area contributed by atoms with E-state index in [2.05, 4.69) is 5.32 Å². The second kappa shape index (κ2) is 8.28. The molecular formula is C16H15FN2O3S. The SMILES string of the molecule is O=C(CCCSc1ccc(F)cc1)Nc1cccc([N+](=O)[O-])c1. The van der Waals surface area contributed by atoms with Gasteiger partial charge in [-0.2, -0.15) is 0 Å². The van der Waals surface area contributed by atoms with Gasteiger partial charge in [-0.25, -0.2) is 4.39 Å². The lowest BCUT2D eigenvalue weighted by atomic mass is 10.2. The summed E-state index contributed by atoms with van der Waals surface area (Å²) in [6, 6.07) is 12.0. The minimum absolute atomic E-state index is 0.0605. The molecule has 0 aliphatic carbocycles. The Hall–Kier alpha value is -2.41. The van der Waals surface area contributed by atoms with E-state index < -0.39 is 4.92 Å². The molecule has 2 rings (SSSR count). The van der Waals surface area contributed by atoms with Crippen molar-refractivity contribution in [2.75, 3.05) is 11.1 Å². The van der Waals surface area contributed by atoms with E-state index in [0.717, 1.165) is 10.6 Å². The highest BCUT2D eigenvalue weighted by Gasteiger charge is 2.08. The zero-order valence-electron chi connectivity index (χ0n) is 12.2. The second-order valence-electron chi connectivity index (χ2n) is 4.76. The molecule has 0 saturated heterocycles. The van der Waals surface area contributed by atoms with Crippen LogP contribution in [0.3, 0.4) is 0 Å². The molecule has 1 N–H and O–H groups in total. The van der Waals surface area contributed by atoms with Gasteiger partial charge in [0.1, 0.15) is 5.82 Å². The van der Waals surface area contributed by atoms with Crippen molar-refractivity contribution in [1.29, 1.82) is 0 Å². The van der Waals surface area contributed by atoms with E-state index in [1.165, 1.54) is 30.3 Å². The Balaban J connectivity index is 1.74. The zero-order chi connectivity index (χ0) is 16.7. The lowest BCUT2D eigenvalue weighted by molar-refractivity contribution is -0.384. The van der Waals surface area contributed by atoms with Crippen LogP contribution in [0, 0.1) is 15.9 Å². The van der Waals surface area contributed by atoms with E-state index in [1.54, 1.807) is 30.0 Å². The van der Waals surface area contributed by atoms with Crippen LogP contribution in [0.5, 0.6) is 0 Å². The Morgan fingerprint density at radius 1 is 1.22 bits per heavy atom. The zero-order valence-corrected chi connectivity index (χ0v) is 13.0. The number of benzene rings is 2. The number of hydrogen-bond acceptors (Lipinski definition) is 4. The smallest absolute Gasteiger partial charge is 0.271 e. The maximum absolute atomic E-state index is 12.8. The molecular weight excluding hydrogens is 319 g/mol. The number of nitrogens with zero attached hydrogens (tertiary/aromatic N) is 1. The summed E-state index contributed by atoms with van der Waals surface area (Å²) < 4.78 is 12.8. The van der Waals surface area contributed by atoms with Gasteiger partial charge in [-0.1, -0.05) is 6.07 Å². The minimum atomic E-state index is -0.505. The highest BCUT2D eigenvalue weighted by molar-refractivity contribution is 7.99. The molecule has 7 heteroatoms. The van der Waals surface area contributed by atoms with Crippen LogP contribution in [0.25, 0.3) is 0 Å². The normalized spacial score (nSPS) is 10.3. The molecule has 0 aliphatic heterocycles. The molecule has 5 nitrogen and oxygen atoms in total. The fourth-order valence-electron chi connectivity index (χ4n) is 1.87. The van der Waals surface area contributed by atoms with E-state index in [-0.39, 0.29) is 17.4 Å². The molecule has 0 fully saturated rings. The first kappa shape index (κ1) is 17.0. The van der Waals surface area contributed by atoms with E-state index >= 15 is 0 Å². The summed E-state index contributed by atoms with van der Waals surface area (Å²) in [5.41, 5.74) is 0.352. The summed E-state index contributed by atoms with van der Waals surface area (Å²) >= 11 is 1.55. The first-order chi connectivity index (χ1) is 11.0. The number of rotatable bonds is 7. The number of nitro groups is 1. The molecule has 0 aromatic heterocycles. The van der Waals surface area contributed by atoms with Gasteiger partial charge in [0.2, 0.25) is 5.91 Å². The highest BCUT2D eigenvalue weighted by atomic mass is 32.2. The van der Waals surface area contributed by atoms with Crippen molar-refractivity contribution in [2.45, 2.75) is 17.7 Å². The molecule has 0 spiro atoms. The van der Waals surface area contributed by atoms with Gasteiger partial charge in [-0.3, -0.25) is 14.9 Å². The number of nitro benzene ring substituents is 1. The first-order valence-electron chi connectivity index (χ1n) is 6.97. The Morgan fingerprint density at radius 2 is 1.96 bits per heavy atom. The summed E-state index contributed by atoms with van der Waals surface area (Å²) in [6.45, 7) is 0. The van der Waals surface area contributed by atoms with Crippen molar-refractivity contribution < 1.29 is 14.1 Å². The number of carbonyl (C=O) groups is 1. The summed E-state index contributed by atoms with van der Waals surface area (Å²) in [6.07, 6.45) is 0.972. The summed E-state index contributed by atoms with van der Waals surface area (Å²) in [5, 5.41) is 13.3. The number of amides is 1. The van der Waals surface area contributed by atoms with Crippen molar-refractivity contribution in [2.24, 2.45) is 0 Å².